The van der Waals surface area contributed by atoms with Gasteiger partial charge in [-0.3, -0.25) is 0 Å². The molecule has 4 rings (SSSR count). The lowest BCUT2D eigenvalue weighted by Crippen LogP contribution is -2.35. The molecule has 1 aliphatic carbocycles. The van der Waals surface area contributed by atoms with E-state index in [4.69, 9.17) is 9.15 Å². The molecule has 2 aromatic rings. The van der Waals surface area contributed by atoms with Crippen LogP contribution in [0.5, 0.6) is 0 Å². The standard InChI is InChI=1S/C17H19BrN2O2/c1-11-10-14(11)15-19-20-16(22-15)17(6-8-21-9-7-17)12-2-4-13(18)5-3-12/h2-5,11,14H,6-10H2,1H3/t11-,14-/m1/s1. The van der Waals surface area contributed by atoms with Crippen molar-refractivity contribution in [3.8, 4) is 0 Å². The molecule has 4 nitrogen and oxygen atoms in total. The van der Waals surface area contributed by atoms with Gasteiger partial charge in [0, 0.05) is 23.6 Å². The summed E-state index contributed by atoms with van der Waals surface area (Å²) in [4.78, 5) is 0. The number of hydrogen-bond acceptors (Lipinski definition) is 4. The Labute approximate surface area is 138 Å². The summed E-state index contributed by atoms with van der Waals surface area (Å²) in [5.41, 5.74) is 1.03. The summed E-state index contributed by atoms with van der Waals surface area (Å²) >= 11 is 3.51. The highest BCUT2D eigenvalue weighted by Crippen LogP contribution is 2.48. The summed E-state index contributed by atoms with van der Waals surface area (Å²) in [6, 6.07) is 8.46. The van der Waals surface area contributed by atoms with Gasteiger partial charge in [0.15, 0.2) is 0 Å². The van der Waals surface area contributed by atoms with Gasteiger partial charge in [-0.2, -0.15) is 0 Å². The highest BCUT2D eigenvalue weighted by Gasteiger charge is 2.44. The van der Waals surface area contributed by atoms with E-state index in [2.05, 4.69) is 57.3 Å². The molecule has 0 N–H and O–H groups in total. The van der Waals surface area contributed by atoms with Gasteiger partial charge in [-0.05, 0) is 42.9 Å². The SMILES string of the molecule is C[C@@H]1C[C@H]1c1nnc(C2(c3ccc(Br)cc3)CCOCC2)o1. The predicted molar refractivity (Wildman–Crippen MR) is 85.8 cm³/mol. The fourth-order valence-corrected chi connectivity index (χ4v) is 3.62. The third kappa shape index (κ3) is 2.40. The number of aromatic nitrogens is 2. The number of benzene rings is 1. The third-order valence-corrected chi connectivity index (χ3v) is 5.55. The van der Waals surface area contributed by atoms with Crippen LogP contribution in [-0.4, -0.2) is 23.4 Å². The molecule has 1 aliphatic heterocycles. The van der Waals surface area contributed by atoms with Crippen LogP contribution >= 0.6 is 15.9 Å². The number of hydrogen-bond donors (Lipinski definition) is 0. The Hall–Kier alpha value is -1.20. The van der Waals surface area contributed by atoms with Gasteiger partial charge >= 0.3 is 0 Å². The Balaban J connectivity index is 1.74. The smallest absolute Gasteiger partial charge is 0.227 e. The van der Waals surface area contributed by atoms with Gasteiger partial charge in [0.1, 0.15) is 0 Å². The van der Waals surface area contributed by atoms with Gasteiger partial charge in [-0.25, -0.2) is 0 Å². The first-order valence-electron chi connectivity index (χ1n) is 7.87. The molecule has 0 amide bonds. The van der Waals surface area contributed by atoms with Crippen LogP contribution in [0, 0.1) is 5.92 Å². The summed E-state index contributed by atoms with van der Waals surface area (Å²) in [6.07, 6.45) is 2.93. The van der Waals surface area contributed by atoms with E-state index in [0.29, 0.717) is 11.8 Å². The second-order valence-corrected chi connectivity index (χ2v) is 7.38. The van der Waals surface area contributed by atoms with Crippen LogP contribution in [0.25, 0.3) is 0 Å². The van der Waals surface area contributed by atoms with Crippen LogP contribution < -0.4 is 0 Å². The van der Waals surface area contributed by atoms with Gasteiger partial charge in [0.25, 0.3) is 0 Å². The van der Waals surface area contributed by atoms with Gasteiger partial charge in [-0.1, -0.05) is 35.0 Å². The maximum absolute atomic E-state index is 6.12. The minimum absolute atomic E-state index is 0.206. The minimum Gasteiger partial charge on any atom is -0.424 e. The zero-order valence-electron chi connectivity index (χ0n) is 12.6. The van der Waals surface area contributed by atoms with Crippen molar-refractivity contribution in [2.75, 3.05) is 13.2 Å². The summed E-state index contributed by atoms with van der Waals surface area (Å²) < 4.78 is 12.8. The van der Waals surface area contributed by atoms with E-state index >= 15 is 0 Å². The quantitative estimate of drug-likeness (QED) is 0.826. The largest absolute Gasteiger partial charge is 0.424 e. The van der Waals surface area contributed by atoms with Crippen molar-refractivity contribution in [3.63, 3.8) is 0 Å². The third-order valence-electron chi connectivity index (χ3n) is 5.02. The maximum atomic E-state index is 6.12. The maximum Gasteiger partial charge on any atom is 0.227 e. The fourth-order valence-electron chi connectivity index (χ4n) is 3.36. The van der Waals surface area contributed by atoms with Crippen molar-refractivity contribution < 1.29 is 9.15 Å². The van der Waals surface area contributed by atoms with E-state index in [1.54, 1.807) is 0 Å². The molecule has 0 bridgehead atoms. The Bertz CT molecular complexity index is 662. The lowest BCUT2D eigenvalue weighted by atomic mass is 9.74. The normalized spacial score (nSPS) is 26.8. The van der Waals surface area contributed by atoms with E-state index in [1.807, 2.05) is 0 Å². The van der Waals surface area contributed by atoms with E-state index in [0.717, 1.165) is 48.7 Å². The second-order valence-electron chi connectivity index (χ2n) is 6.47. The molecule has 1 saturated heterocycles. The first kappa shape index (κ1) is 14.4. The van der Waals surface area contributed by atoms with Gasteiger partial charge in [-0.15, -0.1) is 10.2 Å². The van der Waals surface area contributed by atoms with Crippen LogP contribution in [0.2, 0.25) is 0 Å². The molecule has 1 aromatic carbocycles. The van der Waals surface area contributed by atoms with Crippen molar-refractivity contribution in [2.24, 2.45) is 5.92 Å². The van der Waals surface area contributed by atoms with E-state index in [9.17, 15) is 0 Å². The zero-order chi connectivity index (χ0) is 15.2. The molecule has 0 radical (unpaired) electrons. The first-order valence-corrected chi connectivity index (χ1v) is 8.66. The first-order chi connectivity index (χ1) is 10.7. The summed E-state index contributed by atoms with van der Waals surface area (Å²) in [5, 5.41) is 8.75. The van der Waals surface area contributed by atoms with E-state index < -0.39 is 0 Å². The van der Waals surface area contributed by atoms with Gasteiger partial charge in [0.2, 0.25) is 11.8 Å². The van der Waals surface area contributed by atoms with Gasteiger partial charge < -0.3 is 9.15 Å². The monoisotopic (exact) mass is 362 g/mol. The number of rotatable bonds is 3. The molecule has 1 aromatic heterocycles. The molecular weight excluding hydrogens is 344 g/mol. The van der Waals surface area contributed by atoms with E-state index in [1.165, 1.54) is 5.56 Å². The molecular formula is C17H19BrN2O2. The fraction of sp³-hybridized carbons (Fsp3) is 0.529. The van der Waals surface area contributed by atoms with Crippen LogP contribution in [0.15, 0.2) is 33.2 Å². The Kier molecular flexibility index (Phi) is 3.57. The van der Waals surface area contributed by atoms with Crippen molar-refractivity contribution in [2.45, 2.75) is 37.5 Å². The molecule has 22 heavy (non-hydrogen) atoms. The van der Waals surface area contributed by atoms with Crippen LogP contribution in [0.3, 0.4) is 0 Å². The Morgan fingerprint density at radius 1 is 1.14 bits per heavy atom. The highest BCUT2D eigenvalue weighted by atomic mass is 79.9. The average molecular weight is 363 g/mol. The molecule has 5 heteroatoms. The van der Waals surface area contributed by atoms with Gasteiger partial charge in [0.05, 0.1) is 5.41 Å². The van der Waals surface area contributed by atoms with Crippen LogP contribution in [0.4, 0.5) is 0 Å². The van der Waals surface area contributed by atoms with Crippen molar-refractivity contribution in [1.29, 1.82) is 0 Å². The molecule has 2 heterocycles. The molecule has 1 saturated carbocycles. The number of ether oxygens (including phenoxy) is 1. The molecule has 0 spiro atoms. The van der Waals surface area contributed by atoms with Crippen LogP contribution in [0.1, 0.15) is 49.4 Å². The molecule has 2 fully saturated rings. The van der Waals surface area contributed by atoms with Crippen molar-refractivity contribution >= 4 is 15.9 Å². The Morgan fingerprint density at radius 2 is 1.82 bits per heavy atom. The highest BCUT2D eigenvalue weighted by molar-refractivity contribution is 9.10. The average Bonchev–Trinajstić information content (AvgIpc) is 3.08. The predicted octanol–water partition coefficient (Wildman–Crippen LogP) is 4.05. The Morgan fingerprint density at radius 3 is 2.45 bits per heavy atom. The van der Waals surface area contributed by atoms with Crippen molar-refractivity contribution in [3.05, 3.63) is 46.1 Å². The molecule has 0 unspecified atom stereocenters. The zero-order valence-corrected chi connectivity index (χ0v) is 14.2. The second kappa shape index (κ2) is 5.46. The van der Waals surface area contributed by atoms with Crippen molar-refractivity contribution in [1.82, 2.24) is 10.2 Å². The number of nitrogens with zero attached hydrogens (tertiary/aromatic N) is 2. The topological polar surface area (TPSA) is 48.2 Å². The van der Waals surface area contributed by atoms with E-state index in [-0.39, 0.29) is 5.41 Å². The molecule has 2 atom stereocenters. The van der Waals surface area contributed by atoms with Crippen LogP contribution in [-0.2, 0) is 10.2 Å². The molecule has 116 valence electrons. The summed E-state index contributed by atoms with van der Waals surface area (Å²) in [7, 11) is 0. The summed E-state index contributed by atoms with van der Waals surface area (Å²) in [6.45, 7) is 3.69. The lowest BCUT2D eigenvalue weighted by Gasteiger charge is -2.34. The lowest BCUT2D eigenvalue weighted by molar-refractivity contribution is 0.0540. The number of halogens is 1. The summed E-state index contributed by atoms with van der Waals surface area (Å²) in [5.74, 6) is 2.70. The molecule has 2 aliphatic rings. The minimum atomic E-state index is -0.206.